The number of hydrogen-bond donors (Lipinski definition) is 0. The zero-order chi connectivity index (χ0) is 10.3. The maximum absolute atomic E-state index is 11.7. The van der Waals surface area contributed by atoms with Gasteiger partial charge >= 0.3 is 0 Å². The minimum absolute atomic E-state index is 0.0486. The minimum atomic E-state index is -0.0486. The number of nitrogens with zero attached hydrogens (tertiary/aromatic N) is 2. The average molecular weight is 229 g/mol. The van der Waals surface area contributed by atoms with E-state index in [-0.39, 0.29) is 11.4 Å². The van der Waals surface area contributed by atoms with Crippen LogP contribution in [0.4, 0.5) is 0 Å². The van der Waals surface area contributed by atoms with E-state index in [9.17, 15) is 4.79 Å². The Balaban J connectivity index is 2.90. The Morgan fingerprint density at radius 3 is 2.93 bits per heavy atom. The second-order valence-corrected chi connectivity index (χ2v) is 4.53. The van der Waals surface area contributed by atoms with Crippen LogP contribution in [0, 0.1) is 13.8 Å². The van der Waals surface area contributed by atoms with Crippen molar-refractivity contribution in [2.24, 2.45) is 0 Å². The van der Waals surface area contributed by atoms with Gasteiger partial charge in [-0.2, -0.15) is 0 Å². The molecular weight excluding hydrogens is 220 g/mol. The van der Waals surface area contributed by atoms with Gasteiger partial charge in [0, 0.05) is 16.6 Å². The molecule has 74 valence electrons. The lowest BCUT2D eigenvalue weighted by molar-refractivity contribution is 0.988. The zero-order valence-electron chi connectivity index (χ0n) is 7.87. The van der Waals surface area contributed by atoms with Crippen LogP contribution < -0.4 is 5.56 Å². The van der Waals surface area contributed by atoms with Crippen LogP contribution in [-0.2, 0) is 5.88 Å². The maximum Gasteiger partial charge on any atom is 0.259 e. The van der Waals surface area contributed by atoms with Gasteiger partial charge in [-0.15, -0.1) is 22.9 Å². The topological polar surface area (TPSA) is 34.4 Å². The van der Waals surface area contributed by atoms with Crippen LogP contribution in [-0.4, -0.2) is 9.38 Å². The van der Waals surface area contributed by atoms with Gasteiger partial charge in [-0.1, -0.05) is 0 Å². The van der Waals surface area contributed by atoms with E-state index in [2.05, 4.69) is 4.98 Å². The fourth-order valence-corrected chi connectivity index (χ4v) is 2.45. The molecule has 0 spiro atoms. The molecule has 0 saturated carbocycles. The van der Waals surface area contributed by atoms with E-state index in [0.29, 0.717) is 5.69 Å². The van der Waals surface area contributed by atoms with Crippen LogP contribution in [0.25, 0.3) is 4.96 Å². The standard InChI is InChI=1S/C9H9ClN2OS/c1-5-6(2)14-9-11-7(4-10)3-8(13)12(5)9/h3H,4H2,1-2H3. The first-order chi connectivity index (χ1) is 6.63. The van der Waals surface area contributed by atoms with Gasteiger partial charge in [0.2, 0.25) is 0 Å². The smallest absolute Gasteiger partial charge is 0.259 e. The Labute approximate surface area is 90.0 Å². The van der Waals surface area contributed by atoms with E-state index in [1.807, 2.05) is 13.8 Å². The fraction of sp³-hybridized carbons (Fsp3) is 0.333. The number of aromatic nitrogens is 2. The zero-order valence-corrected chi connectivity index (χ0v) is 9.45. The molecule has 0 bridgehead atoms. The lowest BCUT2D eigenvalue weighted by Gasteiger charge is -1.96. The highest BCUT2D eigenvalue weighted by atomic mass is 35.5. The summed E-state index contributed by atoms with van der Waals surface area (Å²) in [6.07, 6.45) is 0. The lowest BCUT2D eigenvalue weighted by atomic mass is 10.4. The summed E-state index contributed by atoms with van der Waals surface area (Å²) in [5.74, 6) is 0.279. The number of rotatable bonds is 1. The third kappa shape index (κ3) is 1.35. The van der Waals surface area contributed by atoms with Crippen LogP contribution in [0.2, 0.25) is 0 Å². The molecule has 2 rings (SSSR count). The molecule has 0 atom stereocenters. The first-order valence-corrected chi connectivity index (χ1v) is 5.53. The van der Waals surface area contributed by atoms with E-state index in [1.165, 1.54) is 17.4 Å². The van der Waals surface area contributed by atoms with Gasteiger partial charge in [-0.3, -0.25) is 9.20 Å². The van der Waals surface area contributed by atoms with Crippen molar-refractivity contribution in [1.82, 2.24) is 9.38 Å². The summed E-state index contributed by atoms with van der Waals surface area (Å²) in [7, 11) is 0. The molecule has 2 aromatic heterocycles. The molecule has 0 aliphatic carbocycles. The molecule has 2 aromatic rings. The monoisotopic (exact) mass is 228 g/mol. The molecule has 5 heteroatoms. The lowest BCUT2D eigenvalue weighted by Crippen LogP contribution is -2.14. The quantitative estimate of drug-likeness (QED) is 0.701. The Kier molecular flexibility index (Phi) is 2.33. The van der Waals surface area contributed by atoms with Gasteiger partial charge in [-0.05, 0) is 13.8 Å². The van der Waals surface area contributed by atoms with Crippen LogP contribution in [0.5, 0.6) is 0 Å². The number of hydrogen-bond acceptors (Lipinski definition) is 3. The molecule has 0 aliphatic heterocycles. The molecule has 0 aromatic carbocycles. The predicted octanol–water partition coefficient (Wildman–Crippen LogP) is 2.11. The minimum Gasteiger partial charge on any atom is -0.269 e. The van der Waals surface area contributed by atoms with Crippen molar-refractivity contribution in [2.45, 2.75) is 19.7 Å². The Hall–Kier alpha value is -0.870. The molecule has 0 unspecified atom stereocenters. The first kappa shape index (κ1) is 9.68. The molecule has 0 aliphatic rings. The number of fused-ring (bicyclic) bond motifs is 1. The van der Waals surface area contributed by atoms with Crippen LogP contribution in [0.3, 0.4) is 0 Å². The van der Waals surface area contributed by atoms with Crippen molar-refractivity contribution >= 4 is 27.9 Å². The maximum atomic E-state index is 11.7. The summed E-state index contributed by atoms with van der Waals surface area (Å²) < 4.78 is 1.62. The van der Waals surface area contributed by atoms with Gasteiger partial charge < -0.3 is 0 Å². The first-order valence-electron chi connectivity index (χ1n) is 4.18. The van der Waals surface area contributed by atoms with Gasteiger partial charge in [0.15, 0.2) is 4.96 Å². The highest BCUT2D eigenvalue weighted by Gasteiger charge is 2.08. The average Bonchev–Trinajstić information content (AvgIpc) is 2.43. The normalized spacial score (nSPS) is 11.1. The fourth-order valence-electron chi connectivity index (χ4n) is 1.32. The van der Waals surface area contributed by atoms with E-state index < -0.39 is 0 Å². The molecule has 0 radical (unpaired) electrons. The Morgan fingerprint density at radius 2 is 2.29 bits per heavy atom. The Morgan fingerprint density at radius 1 is 1.57 bits per heavy atom. The molecule has 3 nitrogen and oxygen atoms in total. The number of halogens is 1. The summed E-state index contributed by atoms with van der Waals surface area (Å²) in [6.45, 7) is 3.90. The largest absolute Gasteiger partial charge is 0.269 e. The predicted molar refractivity (Wildman–Crippen MR) is 58.4 cm³/mol. The molecular formula is C9H9ClN2OS. The SMILES string of the molecule is Cc1sc2nc(CCl)cc(=O)n2c1C. The third-order valence-corrected chi connectivity index (χ3v) is 3.50. The molecule has 14 heavy (non-hydrogen) atoms. The van der Waals surface area contributed by atoms with Crippen molar-refractivity contribution in [3.63, 3.8) is 0 Å². The van der Waals surface area contributed by atoms with Gasteiger partial charge in [0.25, 0.3) is 5.56 Å². The number of aryl methyl sites for hydroxylation is 2. The van der Waals surface area contributed by atoms with Crippen molar-refractivity contribution in [1.29, 1.82) is 0 Å². The van der Waals surface area contributed by atoms with Gasteiger partial charge in [0.05, 0.1) is 11.6 Å². The molecule has 0 saturated heterocycles. The van der Waals surface area contributed by atoms with E-state index in [0.717, 1.165) is 15.5 Å². The van der Waals surface area contributed by atoms with Crippen molar-refractivity contribution in [3.05, 3.63) is 32.7 Å². The van der Waals surface area contributed by atoms with Crippen molar-refractivity contribution in [3.8, 4) is 0 Å². The van der Waals surface area contributed by atoms with E-state index in [1.54, 1.807) is 4.40 Å². The van der Waals surface area contributed by atoms with Crippen molar-refractivity contribution in [2.75, 3.05) is 0 Å². The van der Waals surface area contributed by atoms with Gasteiger partial charge in [-0.25, -0.2) is 4.98 Å². The van der Waals surface area contributed by atoms with E-state index in [4.69, 9.17) is 11.6 Å². The molecule has 0 fully saturated rings. The summed E-state index contributed by atoms with van der Waals surface area (Å²) in [4.78, 5) is 17.8. The van der Waals surface area contributed by atoms with Crippen LogP contribution in [0.15, 0.2) is 10.9 Å². The molecule has 2 heterocycles. The number of alkyl halides is 1. The highest BCUT2D eigenvalue weighted by molar-refractivity contribution is 7.17. The highest BCUT2D eigenvalue weighted by Crippen LogP contribution is 2.18. The molecule has 0 amide bonds. The van der Waals surface area contributed by atoms with Crippen LogP contribution in [0.1, 0.15) is 16.3 Å². The summed E-state index contributed by atoms with van der Waals surface area (Å²) in [5.41, 5.74) is 1.55. The van der Waals surface area contributed by atoms with Gasteiger partial charge in [0.1, 0.15) is 0 Å². The van der Waals surface area contributed by atoms with E-state index >= 15 is 0 Å². The second-order valence-electron chi connectivity index (χ2n) is 3.08. The van der Waals surface area contributed by atoms with Crippen molar-refractivity contribution < 1.29 is 0 Å². The number of thiazole rings is 1. The summed E-state index contributed by atoms with van der Waals surface area (Å²) >= 11 is 7.16. The molecule has 0 N–H and O–H groups in total. The Bertz CT molecular complexity index is 543. The third-order valence-electron chi connectivity index (χ3n) is 2.17. The second kappa shape index (κ2) is 3.37. The summed E-state index contributed by atoms with van der Waals surface area (Å²) in [5, 5.41) is 0. The summed E-state index contributed by atoms with van der Waals surface area (Å²) in [6, 6.07) is 1.49. The van der Waals surface area contributed by atoms with Crippen LogP contribution >= 0.6 is 22.9 Å².